The number of hydrogen-bond acceptors (Lipinski definition) is 5. The molecule has 0 amide bonds. The van der Waals surface area contributed by atoms with Gasteiger partial charge in [0, 0.05) is 10.9 Å². The van der Waals surface area contributed by atoms with E-state index in [0.29, 0.717) is 23.0 Å². The van der Waals surface area contributed by atoms with Crippen molar-refractivity contribution in [2.24, 2.45) is 17.1 Å². The molecule has 2 atom stereocenters. The molecule has 2 aliphatic rings. The molecule has 0 saturated carbocycles. The van der Waals surface area contributed by atoms with Crippen LogP contribution in [0.4, 0.5) is 0 Å². The topological polar surface area (TPSA) is 107 Å². The average Bonchev–Trinajstić information content (AvgIpc) is 2.85. The molecule has 2 aliphatic carbocycles. The first-order valence-corrected chi connectivity index (χ1v) is 12.1. The highest BCUT2D eigenvalue weighted by Gasteiger charge is 2.54. The summed E-state index contributed by atoms with van der Waals surface area (Å²) in [5.41, 5.74) is 11.1. The van der Waals surface area contributed by atoms with Crippen LogP contribution in [0.2, 0.25) is 5.02 Å². The van der Waals surface area contributed by atoms with Crippen molar-refractivity contribution < 1.29 is 4.74 Å². The first kappa shape index (κ1) is 24.4. The lowest BCUT2D eigenvalue weighted by atomic mass is 9.55. The van der Waals surface area contributed by atoms with E-state index in [0.717, 1.165) is 52.7 Å². The number of rotatable bonds is 4. The molecular weight excluding hydrogens is 456 g/mol. The molecular formula is C29H27ClN4O. The van der Waals surface area contributed by atoms with Gasteiger partial charge in [-0.3, -0.25) is 0 Å². The predicted molar refractivity (Wildman–Crippen MR) is 135 cm³/mol. The number of nitriles is 3. The third kappa shape index (κ3) is 3.95. The number of nitrogens with zero attached hydrogens (tertiary/aromatic N) is 3. The Hall–Kier alpha value is -3.72. The third-order valence-corrected chi connectivity index (χ3v) is 7.75. The fourth-order valence-corrected chi connectivity index (χ4v) is 5.94. The third-order valence-electron chi connectivity index (χ3n) is 7.50. The van der Waals surface area contributed by atoms with Gasteiger partial charge in [0.15, 0.2) is 5.41 Å². The summed E-state index contributed by atoms with van der Waals surface area (Å²) in [5, 5.41) is 31.3. The minimum Gasteiger partial charge on any atom is -0.489 e. The lowest BCUT2D eigenvalue weighted by Crippen LogP contribution is -2.43. The molecule has 0 radical (unpaired) electrons. The van der Waals surface area contributed by atoms with E-state index in [-0.39, 0.29) is 11.6 Å². The molecule has 0 fully saturated rings. The van der Waals surface area contributed by atoms with Gasteiger partial charge in [-0.15, -0.1) is 0 Å². The van der Waals surface area contributed by atoms with Crippen LogP contribution in [-0.2, 0) is 6.61 Å². The molecule has 0 unspecified atom stereocenters. The van der Waals surface area contributed by atoms with Crippen molar-refractivity contribution in [2.45, 2.75) is 52.6 Å². The number of nitrogens with two attached hydrogens (primary N) is 1. The van der Waals surface area contributed by atoms with E-state index in [1.165, 1.54) is 0 Å². The number of allylic oxidation sites excluding steroid dienone is 4. The number of hydrogen-bond donors (Lipinski definition) is 1. The molecule has 35 heavy (non-hydrogen) atoms. The summed E-state index contributed by atoms with van der Waals surface area (Å²) in [7, 11) is 0. The van der Waals surface area contributed by atoms with Crippen LogP contribution >= 0.6 is 11.6 Å². The Balaban J connectivity index is 1.89. The Bertz CT molecular complexity index is 1350. The zero-order valence-corrected chi connectivity index (χ0v) is 20.9. The van der Waals surface area contributed by atoms with Crippen molar-refractivity contribution in [3.8, 4) is 24.0 Å². The van der Waals surface area contributed by atoms with Gasteiger partial charge in [-0.05, 0) is 104 Å². The summed E-state index contributed by atoms with van der Waals surface area (Å²) >= 11 is 6.00. The normalized spacial score (nSPS) is 20.7. The Morgan fingerprint density at radius 2 is 1.77 bits per heavy atom. The second-order valence-corrected chi connectivity index (χ2v) is 9.81. The molecule has 4 rings (SSSR count). The quantitative estimate of drug-likeness (QED) is 0.539. The van der Waals surface area contributed by atoms with E-state index in [1.807, 2.05) is 32.9 Å². The van der Waals surface area contributed by atoms with E-state index in [2.05, 4.69) is 30.4 Å². The summed E-state index contributed by atoms with van der Waals surface area (Å²) in [4.78, 5) is 0. The Labute approximate surface area is 211 Å². The lowest BCUT2D eigenvalue weighted by Gasteiger charge is -2.44. The molecule has 2 N–H and O–H groups in total. The zero-order valence-electron chi connectivity index (χ0n) is 20.2. The highest BCUT2D eigenvalue weighted by Crippen LogP contribution is 2.57. The monoisotopic (exact) mass is 482 g/mol. The van der Waals surface area contributed by atoms with Crippen LogP contribution < -0.4 is 10.5 Å². The van der Waals surface area contributed by atoms with Crippen LogP contribution in [0, 0.1) is 66.1 Å². The number of halogens is 1. The second-order valence-electron chi connectivity index (χ2n) is 9.38. The van der Waals surface area contributed by atoms with E-state index in [1.54, 1.807) is 12.1 Å². The van der Waals surface area contributed by atoms with Gasteiger partial charge in [-0.2, -0.15) is 15.8 Å². The van der Waals surface area contributed by atoms with E-state index < -0.39 is 11.3 Å². The smallest absolute Gasteiger partial charge is 0.191 e. The Kier molecular flexibility index (Phi) is 6.62. The van der Waals surface area contributed by atoms with Gasteiger partial charge in [-0.1, -0.05) is 23.7 Å². The summed E-state index contributed by atoms with van der Waals surface area (Å²) < 4.78 is 6.08. The maximum absolute atomic E-state index is 10.4. The fourth-order valence-electron chi connectivity index (χ4n) is 5.82. The number of ether oxygens (including phenoxy) is 1. The number of aryl methyl sites for hydroxylation is 2. The molecule has 176 valence electrons. The first-order valence-electron chi connectivity index (χ1n) is 11.7. The van der Waals surface area contributed by atoms with Crippen LogP contribution in [0.1, 0.15) is 53.0 Å². The molecule has 0 heterocycles. The largest absolute Gasteiger partial charge is 0.489 e. The minimum absolute atomic E-state index is 0.0674. The first-order chi connectivity index (χ1) is 16.8. The van der Waals surface area contributed by atoms with Crippen LogP contribution in [0.25, 0.3) is 0 Å². The molecule has 0 aliphatic heterocycles. The Morgan fingerprint density at radius 3 is 2.40 bits per heavy atom. The van der Waals surface area contributed by atoms with Gasteiger partial charge in [0.05, 0.1) is 23.4 Å². The molecule has 6 heteroatoms. The molecule has 2 aromatic rings. The highest BCUT2D eigenvalue weighted by molar-refractivity contribution is 6.30. The maximum Gasteiger partial charge on any atom is 0.191 e. The molecule has 0 saturated heterocycles. The van der Waals surface area contributed by atoms with E-state index in [9.17, 15) is 15.8 Å². The van der Waals surface area contributed by atoms with Crippen LogP contribution in [0.3, 0.4) is 0 Å². The zero-order chi connectivity index (χ0) is 25.3. The predicted octanol–water partition coefficient (Wildman–Crippen LogP) is 6.44. The van der Waals surface area contributed by atoms with Crippen molar-refractivity contribution in [2.75, 3.05) is 0 Å². The van der Waals surface area contributed by atoms with Gasteiger partial charge < -0.3 is 10.5 Å². The second kappa shape index (κ2) is 9.50. The molecule has 0 spiro atoms. The van der Waals surface area contributed by atoms with E-state index in [4.69, 9.17) is 22.1 Å². The van der Waals surface area contributed by atoms with E-state index >= 15 is 0 Å². The summed E-state index contributed by atoms with van der Waals surface area (Å²) in [6.45, 7) is 6.43. The lowest BCUT2D eigenvalue weighted by molar-refractivity contribution is 0.300. The maximum atomic E-state index is 10.4. The number of benzene rings is 2. The van der Waals surface area contributed by atoms with Crippen LogP contribution in [-0.4, -0.2) is 0 Å². The van der Waals surface area contributed by atoms with Crippen LogP contribution in [0.15, 0.2) is 53.3 Å². The SMILES string of the molecule is Cc1cc(C)c([C@@H]2[C@@H]3CCCC=C3C(C#N)=C(N)C2(C#N)C#N)c(C)c1COc1ccc(Cl)cc1. The van der Waals surface area contributed by atoms with Crippen molar-refractivity contribution >= 4 is 11.6 Å². The van der Waals surface area contributed by atoms with Crippen molar-refractivity contribution in [1.82, 2.24) is 0 Å². The highest BCUT2D eigenvalue weighted by atomic mass is 35.5. The molecule has 0 aromatic heterocycles. The summed E-state index contributed by atoms with van der Waals surface area (Å²) in [5.74, 6) is 0.103. The minimum atomic E-state index is -1.62. The Morgan fingerprint density at radius 1 is 1.09 bits per heavy atom. The molecule has 0 bridgehead atoms. The fraction of sp³-hybridized carbons (Fsp3) is 0.345. The van der Waals surface area contributed by atoms with Gasteiger partial charge in [0.2, 0.25) is 0 Å². The summed E-state index contributed by atoms with van der Waals surface area (Å²) in [6.07, 6.45) is 4.65. The average molecular weight is 483 g/mol. The molecule has 2 aromatic carbocycles. The van der Waals surface area contributed by atoms with Crippen molar-refractivity contribution in [1.29, 1.82) is 15.8 Å². The van der Waals surface area contributed by atoms with Crippen molar-refractivity contribution in [3.05, 3.63) is 86.1 Å². The van der Waals surface area contributed by atoms with Gasteiger partial charge in [0.1, 0.15) is 18.4 Å². The van der Waals surface area contributed by atoms with Gasteiger partial charge in [0.25, 0.3) is 0 Å². The van der Waals surface area contributed by atoms with Crippen LogP contribution in [0.5, 0.6) is 5.75 Å². The summed E-state index contributed by atoms with van der Waals surface area (Å²) in [6, 6.07) is 16.0. The van der Waals surface area contributed by atoms with Gasteiger partial charge in [-0.25, -0.2) is 0 Å². The van der Waals surface area contributed by atoms with Crippen molar-refractivity contribution in [3.63, 3.8) is 0 Å². The number of fused-ring (bicyclic) bond motifs is 1. The molecule has 5 nitrogen and oxygen atoms in total. The standard InChI is InChI=1S/C29H27ClN4O/c1-17-12-18(2)26(19(3)25(17)14-35-21-10-8-20(30)9-11-21)27-23-7-5-4-6-22(23)24(13-31)28(34)29(27,15-32)16-33/h6,8-12,23,27H,4-5,7,14,34H2,1-3H3/t23-,27+/m1/s1. The van der Waals surface area contributed by atoms with Gasteiger partial charge >= 0.3 is 0 Å².